The highest BCUT2D eigenvalue weighted by Crippen LogP contribution is 2.22. The fourth-order valence-electron chi connectivity index (χ4n) is 2.75. The Kier molecular flexibility index (Phi) is 3.96. The third kappa shape index (κ3) is 3.00. The van der Waals surface area contributed by atoms with Gasteiger partial charge in [0.1, 0.15) is 11.4 Å². The van der Waals surface area contributed by atoms with Gasteiger partial charge in [-0.3, -0.25) is 5.43 Å². The number of benzene rings is 3. The summed E-state index contributed by atoms with van der Waals surface area (Å²) >= 11 is 0. The predicted molar refractivity (Wildman–Crippen MR) is 98.1 cm³/mol. The molecule has 4 nitrogen and oxygen atoms in total. The first-order valence-electron chi connectivity index (χ1n) is 8.00. The fraction of sp³-hybridized carbons (Fsp3) is 0.0500. The summed E-state index contributed by atoms with van der Waals surface area (Å²) in [5, 5.41) is 4.22. The van der Waals surface area contributed by atoms with Gasteiger partial charge in [0.15, 0.2) is 0 Å². The number of para-hydroxylation sites is 3. The number of hydrogen-bond acceptors (Lipinski definition) is 3. The highest BCUT2D eigenvalue weighted by Gasteiger charge is 2.32. The molecule has 1 aliphatic rings. The van der Waals surface area contributed by atoms with Gasteiger partial charge >= 0.3 is 0 Å². The van der Waals surface area contributed by atoms with Crippen LogP contribution in [0.1, 0.15) is 0 Å². The highest BCUT2D eigenvalue weighted by atomic mass is 15.8. The lowest BCUT2D eigenvalue weighted by Gasteiger charge is -2.21. The molecule has 0 aromatic heterocycles. The standard InChI is InChI=1S/C20H19N4/c1-4-10-18(11-5-1)21-24-17-22(19-12-6-2-7-13-19)16-23(24)20-14-8-3-9-15-20/h1-16,21H,17H2/q+1. The molecule has 24 heavy (non-hydrogen) atoms. The predicted octanol–water partition coefficient (Wildman–Crippen LogP) is 4.08. The van der Waals surface area contributed by atoms with E-state index in [0.717, 1.165) is 17.1 Å². The second-order valence-corrected chi connectivity index (χ2v) is 5.62. The largest absolute Gasteiger partial charge is 0.280 e. The molecule has 0 amide bonds. The molecule has 0 spiro atoms. The fourth-order valence-corrected chi connectivity index (χ4v) is 2.75. The SMILES string of the molecule is C1=[N+](c2ccccc2)CN(Nc2ccccc2)N1c1ccccc1. The molecule has 0 bridgehead atoms. The first kappa shape index (κ1) is 14.5. The van der Waals surface area contributed by atoms with Crippen LogP contribution in [0.15, 0.2) is 91.0 Å². The summed E-state index contributed by atoms with van der Waals surface area (Å²) in [6, 6.07) is 30.9. The molecule has 1 N–H and O–H groups in total. The molecule has 3 aromatic rings. The summed E-state index contributed by atoms with van der Waals surface area (Å²) in [4.78, 5) is 0. The normalized spacial score (nSPS) is 14.5. The molecule has 0 aliphatic carbocycles. The minimum absolute atomic E-state index is 0.716. The van der Waals surface area contributed by atoms with Crippen LogP contribution in [-0.4, -0.2) is 22.7 Å². The van der Waals surface area contributed by atoms with Gasteiger partial charge in [-0.25, -0.2) is 4.58 Å². The molecule has 0 saturated heterocycles. The minimum Gasteiger partial charge on any atom is -0.280 e. The van der Waals surface area contributed by atoms with Gasteiger partial charge < -0.3 is 0 Å². The Hall–Kier alpha value is -3.11. The Balaban J connectivity index is 1.66. The van der Waals surface area contributed by atoms with Crippen molar-refractivity contribution in [3.05, 3.63) is 91.0 Å². The molecular formula is C20H19N4+. The van der Waals surface area contributed by atoms with Gasteiger partial charge in [-0.05, 0) is 41.5 Å². The van der Waals surface area contributed by atoms with Gasteiger partial charge in [0, 0.05) is 0 Å². The van der Waals surface area contributed by atoms with Crippen molar-refractivity contribution in [2.45, 2.75) is 0 Å². The van der Waals surface area contributed by atoms with Gasteiger partial charge in [-0.2, -0.15) is 0 Å². The second-order valence-electron chi connectivity index (χ2n) is 5.62. The van der Waals surface area contributed by atoms with E-state index < -0.39 is 0 Å². The molecule has 1 heterocycles. The van der Waals surface area contributed by atoms with E-state index in [1.165, 1.54) is 0 Å². The summed E-state index contributed by atoms with van der Waals surface area (Å²) < 4.78 is 2.21. The summed E-state index contributed by atoms with van der Waals surface area (Å²) in [6.07, 6.45) is 2.11. The van der Waals surface area contributed by atoms with Crippen LogP contribution in [0.3, 0.4) is 0 Å². The molecule has 3 aromatic carbocycles. The van der Waals surface area contributed by atoms with Crippen LogP contribution in [0.2, 0.25) is 0 Å². The van der Waals surface area contributed by atoms with Crippen molar-refractivity contribution in [3.63, 3.8) is 0 Å². The van der Waals surface area contributed by atoms with Gasteiger partial charge in [-0.1, -0.05) is 54.6 Å². The van der Waals surface area contributed by atoms with E-state index in [0.29, 0.717) is 6.67 Å². The summed E-state index contributed by atoms with van der Waals surface area (Å²) in [5.74, 6) is 0. The van der Waals surface area contributed by atoms with Gasteiger partial charge in [-0.15, -0.1) is 5.01 Å². The molecule has 0 atom stereocenters. The van der Waals surface area contributed by atoms with Crippen LogP contribution in [0.25, 0.3) is 0 Å². The van der Waals surface area contributed by atoms with E-state index in [-0.39, 0.29) is 0 Å². The molecule has 0 fully saturated rings. The van der Waals surface area contributed by atoms with Crippen LogP contribution >= 0.6 is 0 Å². The zero-order valence-corrected chi connectivity index (χ0v) is 13.3. The Morgan fingerprint density at radius 3 is 1.96 bits per heavy atom. The summed E-state index contributed by atoms with van der Waals surface area (Å²) in [6.45, 7) is 0.716. The number of anilines is 2. The molecule has 0 radical (unpaired) electrons. The number of rotatable bonds is 4. The first-order valence-corrected chi connectivity index (χ1v) is 8.00. The van der Waals surface area contributed by atoms with E-state index in [4.69, 9.17) is 0 Å². The number of nitrogens with zero attached hydrogens (tertiary/aromatic N) is 3. The quantitative estimate of drug-likeness (QED) is 0.733. The molecule has 4 rings (SSSR count). The zero-order valence-electron chi connectivity index (χ0n) is 13.3. The molecule has 0 unspecified atom stereocenters. The Morgan fingerprint density at radius 2 is 1.29 bits per heavy atom. The second kappa shape index (κ2) is 6.56. The maximum absolute atomic E-state index is 3.48. The van der Waals surface area contributed by atoms with Crippen molar-refractivity contribution in [2.75, 3.05) is 17.1 Å². The average molecular weight is 315 g/mol. The minimum atomic E-state index is 0.716. The monoisotopic (exact) mass is 315 g/mol. The highest BCUT2D eigenvalue weighted by molar-refractivity contribution is 5.76. The lowest BCUT2D eigenvalue weighted by molar-refractivity contribution is -0.445. The first-order chi connectivity index (χ1) is 11.9. The smallest absolute Gasteiger partial charge is 0.266 e. The Bertz CT molecular complexity index is 816. The zero-order chi connectivity index (χ0) is 16.2. The Labute approximate surface area is 141 Å². The van der Waals surface area contributed by atoms with E-state index in [1.54, 1.807) is 0 Å². The lowest BCUT2D eigenvalue weighted by Crippen LogP contribution is -2.42. The van der Waals surface area contributed by atoms with Crippen molar-refractivity contribution in [3.8, 4) is 0 Å². The third-order valence-corrected chi connectivity index (χ3v) is 3.94. The van der Waals surface area contributed by atoms with E-state index in [9.17, 15) is 0 Å². The van der Waals surface area contributed by atoms with Crippen LogP contribution in [0.5, 0.6) is 0 Å². The van der Waals surface area contributed by atoms with Crippen molar-refractivity contribution >= 4 is 23.4 Å². The summed E-state index contributed by atoms with van der Waals surface area (Å²) in [7, 11) is 0. The number of hydrogen-bond donors (Lipinski definition) is 1. The summed E-state index contributed by atoms with van der Waals surface area (Å²) in [5.41, 5.74) is 6.81. The molecule has 1 aliphatic heterocycles. The van der Waals surface area contributed by atoms with Crippen LogP contribution in [-0.2, 0) is 0 Å². The van der Waals surface area contributed by atoms with Crippen molar-refractivity contribution in [1.82, 2.24) is 5.12 Å². The van der Waals surface area contributed by atoms with Gasteiger partial charge in [0.25, 0.3) is 6.34 Å². The van der Waals surface area contributed by atoms with Crippen LogP contribution < -0.4 is 10.4 Å². The molecule has 118 valence electrons. The van der Waals surface area contributed by atoms with Gasteiger partial charge in [0.2, 0.25) is 6.67 Å². The van der Waals surface area contributed by atoms with Crippen molar-refractivity contribution in [2.24, 2.45) is 0 Å². The maximum Gasteiger partial charge on any atom is 0.266 e. The van der Waals surface area contributed by atoms with E-state index in [1.807, 2.05) is 30.3 Å². The molecule has 0 saturated carbocycles. The molecule has 4 heteroatoms. The number of hydrazine groups is 2. The van der Waals surface area contributed by atoms with Gasteiger partial charge in [0.05, 0.1) is 5.69 Å². The van der Waals surface area contributed by atoms with E-state index in [2.05, 4.69) is 87.1 Å². The van der Waals surface area contributed by atoms with E-state index >= 15 is 0 Å². The maximum atomic E-state index is 3.48. The third-order valence-electron chi connectivity index (χ3n) is 3.94. The molecular weight excluding hydrogens is 296 g/mol. The van der Waals surface area contributed by atoms with Crippen LogP contribution in [0.4, 0.5) is 17.1 Å². The topological polar surface area (TPSA) is 21.5 Å². The average Bonchev–Trinajstić information content (AvgIpc) is 3.08. The van der Waals surface area contributed by atoms with Crippen molar-refractivity contribution in [1.29, 1.82) is 0 Å². The lowest BCUT2D eigenvalue weighted by atomic mass is 10.3. The van der Waals surface area contributed by atoms with Crippen LogP contribution in [0, 0.1) is 0 Å². The van der Waals surface area contributed by atoms with Crippen molar-refractivity contribution < 1.29 is 4.58 Å². The Morgan fingerprint density at radius 1 is 0.708 bits per heavy atom. The number of nitrogens with one attached hydrogen (secondary N) is 1.